The molecule has 1 aromatic heterocycles. The highest BCUT2D eigenvalue weighted by atomic mass is 32.2. The van der Waals surface area contributed by atoms with E-state index in [-0.39, 0.29) is 5.82 Å². The smallest absolute Gasteiger partial charge is 0.125 e. The molecule has 0 aliphatic carbocycles. The van der Waals surface area contributed by atoms with Gasteiger partial charge in [0, 0.05) is 30.0 Å². The average Bonchev–Trinajstić information content (AvgIpc) is 2.63. The van der Waals surface area contributed by atoms with E-state index in [1.165, 1.54) is 12.1 Å². The van der Waals surface area contributed by atoms with Gasteiger partial charge in [-0.25, -0.2) is 9.37 Å². The van der Waals surface area contributed by atoms with Crippen LogP contribution in [0, 0.1) is 5.82 Å². The summed E-state index contributed by atoms with van der Waals surface area (Å²) in [6, 6.07) is 4.44. The van der Waals surface area contributed by atoms with E-state index in [9.17, 15) is 4.39 Å². The van der Waals surface area contributed by atoms with Crippen molar-refractivity contribution < 1.29 is 4.39 Å². The summed E-state index contributed by atoms with van der Waals surface area (Å²) >= 11 is 1.55. The molecule has 1 aromatic carbocycles. The van der Waals surface area contributed by atoms with Gasteiger partial charge < -0.3 is 10.3 Å². The summed E-state index contributed by atoms with van der Waals surface area (Å²) in [6.07, 6.45) is 3.65. The van der Waals surface area contributed by atoms with Crippen LogP contribution in [0.15, 0.2) is 35.5 Å². The molecule has 2 N–H and O–H groups in total. The minimum absolute atomic E-state index is 0.307. The fraction of sp³-hybridized carbons (Fsp3) is 0.182. The second kappa shape index (κ2) is 4.57. The Hall–Kier alpha value is -1.49. The third-order valence-electron chi connectivity index (χ3n) is 2.25. The monoisotopic (exact) mass is 237 g/mol. The van der Waals surface area contributed by atoms with Crippen molar-refractivity contribution in [3.8, 4) is 0 Å². The fourth-order valence-electron chi connectivity index (χ4n) is 1.33. The molecular formula is C11H12FN3S. The molecule has 0 saturated carbocycles. The van der Waals surface area contributed by atoms with E-state index < -0.39 is 0 Å². The predicted octanol–water partition coefficient (Wildman–Crippen LogP) is 2.43. The molecule has 0 unspecified atom stereocenters. The zero-order valence-electron chi connectivity index (χ0n) is 8.85. The zero-order valence-corrected chi connectivity index (χ0v) is 9.67. The van der Waals surface area contributed by atoms with Crippen LogP contribution in [-0.2, 0) is 12.8 Å². The van der Waals surface area contributed by atoms with Gasteiger partial charge in [-0.3, -0.25) is 0 Å². The van der Waals surface area contributed by atoms with Gasteiger partial charge in [-0.15, -0.1) is 11.8 Å². The minimum Gasteiger partial charge on any atom is -0.398 e. The average molecular weight is 237 g/mol. The van der Waals surface area contributed by atoms with Gasteiger partial charge in [0.15, 0.2) is 0 Å². The standard InChI is InChI=1S/C11H12FN3S/c1-15-5-4-14-11(15)7-16-10-3-2-8(12)6-9(10)13/h2-6H,7,13H2,1H3. The number of benzene rings is 1. The second-order valence-electron chi connectivity index (χ2n) is 3.43. The van der Waals surface area contributed by atoms with Gasteiger partial charge in [-0.2, -0.15) is 0 Å². The van der Waals surface area contributed by atoms with Crippen molar-refractivity contribution in [2.24, 2.45) is 7.05 Å². The highest BCUT2D eigenvalue weighted by Crippen LogP contribution is 2.27. The maximum atomic E-state index is 12.8. The first-order chi connectivity index (χ1) is 7.66. The molecule has 3 nitrogen and oxygen atoms in total. The van der Waals surface area contributed by atoms with E-state index in [2.05, 4.69) is 4.98 Å². The van der Waals surface area contributed by atoms with Crippen LogP contribution in [0.2, 0.25) is 0 Å². The molecule has 0 saturated heterocycles. The molecule has 0 radical (unpaired) electrons. The molecule has 1 heterocycles. The van der Waals surface area contributed by atoms with Crippen molar-refractivity contribution in [3.63, 3.8) is 0 Å². The van der Waals surface area contributed by atoms with Crippen LogP contribution in [0.25, 0.3) is 0 Å². The Morgan fingerprint density at radius 3 is 2.94 bits per heavy atom. The summed E-state index contributed by atoms with van der Waals surface area (Å²) in [5.74, 6) is 1.38. The van der Waals surface area contributed by atoms with Crippen molar-refractivity contribution >= 4 is 17.4 Å². The van der Waals surface area contributed by atoms with Crippen LogP contribution in [0.3, 0.4) is 0 Å². The van der Waals surface area contributed by atoms with Crippen LogP contribution in [0.1, 0.15) is 5.82 Å². The van der Waals surface area contributed by atoms with Crippen LogP contribution < -0.4 is 5.73 Å². The van der Waals surface area contributed by atoms with E-state index >= 15 is 0 Å². The number of imidazole rings is 1. The lowest BCUT2D eigenvalue weighted by Crippen LogP contribution is -1.95. The normalized spacial score (nSPS) is 10.6. The second-order valence-corrected chi connectivity index (χ2v) is 4.44. The minimum atomic E-state index is -0.307. The predicted molar refractivity (Wildman–Crippen MR) is 63.6 cm³/mol. The Kier molecular flexibility index (Phi) is 3.14. The lowest BCUT2D eigenvalue weighted by atomic mass is 10.3. The molecule has 0 fully saturated rings. The number of aryl methyl sites for hydroxylation is 1. The quantitative estimate of drug-likeness (QED) is 0.658. The molecule has 2 aromatic rings. The molecule has 0 aliphatic rings. The van der Waals surface area contributed by atoms with Crippen LogP contribution in [-0.4, -0.2) is 9.55 Å². The maximum absolute atomic E-state index is 12.8. The van der Waals surface area contributed by atoms with Gasteiger partial charge in [0.1, 0.15) is 11.6 Å². The number of aromatic nitrogens is 2. The van der Waals surface area contributed by atoms with Crippen molar-refractivity contribution in [3.05, 3.63) is 42.2 Å². The zero-order chi connectivity index (χ0) is 11.5. The Morgan fingerprint density at radius 1 is 1.50 bits per heavy atom. The molecule has 2 rings (SSSR count). The van der Waals surface area contributed by atoms with Crippen molar-refractivity contribution in [2.75, 3.05) is 5.73 Å². The third-order valence-corrected chi connectivity index (χ3v) is 3.33. The van der Waals surface area contributed by atoms with Crippen LogP contribution in [0.5, 0.6) is 0 Å². The number of nitrogens with two attached hydrogens (primary N) is 1. The summed E-state index contributed by atoms with van der Waals surface area (Å²) in [6.45, 7) is 0. The van der Waals surface area contributed by atoms with Gasteiger partial charge in [0.05, 0.1) is 5.75 Å². The first-order valence-electron chi connectivity index (χ1n) is 4.81. The van der Waals surface area contributed by atoms with Gasteiger partial charge in [-0.1, -0.05) is 0 Å². The summed E-state index contributed by atoms with van der Waals surface area (Å²) in [5, 5.41) is 0. The van der Waals surface area contributed by atoms with Gasteiger partial charge in [-0.05, 0) is 18.2 Å². The van der Waals surface area contributed by atoms with E-state index in [1.54, 1.807) is 24.0 Å². The number of nitrogens with zero attached hydrogens (tertiary/aromatic N) is 2. The Labute approximate surface area is 97.5 Å². The lowest BCUT2D eigenvalue weighted by Gasteiger charge is -2.05. The van der Waals surface area contributed by atoms with E-state index in [0.717, 1.165) is 16.5 Å². The largest absolute Gasteiger partial charge is 0.398 e. The highest BCUT2D eigenvalue weighted by Gasteiger charge is 2.04. The van der Waals surface area contributed by atoms with Crippen LogP contribution >= 0.6 is 11.8 Å². The number of thioether (sulfide) groups is 1. The molecular weight excluding hydrogens is 225 g/mol. The molecule has 5 heteroatoms. The number of anilines is 1. The van der Waals surface area contributed by atoms with Crippen molar-refractivity contribution in [1.29, 1.82) is 0 Å². The lowest BCUT2D eigenvalue weighted by molar-refractivity contribution is 0.627. The number of hydrogen-bond acceptors (Lipinski definition) is 3. The van der Waals surface area contributed by atoms with E-state index in [0.29, 0.717) is 5.69 Å². The first kappa shape index (κ1) is 11.0. The van der Waals surface area contributed by atoms with Gasteiger partial charge in [0.25, 0.3) is 0 Å². The molecule has 0 spiro atoms. The third kappa shape index (κ3) is 2.36. The van der Waals surface area contributed by atoms with Crippen molar-refractivity contribution in [2.45, 2.75) is 10.6 Å². The molecule has 84 valence electrons. The van der Waals surface area contributed by atoms with Gasteiger partial charge in [0.2, 0.25) is 0 Å². The van der Waals surface area contributed by atoms with E-state index in [4.69, 9.17) is 5.73 Å². The number of halogens is 1. The molecule has 0 amide bonds. The fourth-order valence-corrected chi connectivity index (χ4v) is 2.28. The van der Waals surface area contributed by atoms with E-state index in [1.807, 2.05) is 17.8 Å². The summed E-state index contributed by atoms with van der Waals surface area (Å²) in [5.41, 5.74) is 6.18. The summed E-state index contributed by atoms with van der Waals surface area (Å²) < 4.78 is 14.8. The molecule has 0 bridgehead atoms. The number of rotatable bonds is 3. The van der Waals surface area contributed by atoms with Gasteiger partial charge >= 0.3 is 0 Å². The Morgan fingerprint density at radius 2 is 2.31 bits per heavy atom. The summed E-state index contributed by atoms with van der Waals surface area (Å²) in [4.78, 5) is 5.08. The topological polar surface area (TPSA) is 43.8 Å². The first-order valence-corrected chi connectivity index (χ1v) is 5.79. The Bertz CT molecular complexity index is 496. The molecule has 0 aliphatic heterocycles. The SMILES string of the molecule is Cn1ccnc1CSc1ccc(F)cc1N. The molecule has 0 atom stereocenters. The van der Waals surface area contributed by atoms with Crippen molar-refractivity contribution in [1.82, 2.24) is 9.55 Å². The Balaban J connectivity index is 2.08. The summed E-state index contributed by atoms with van der Waals surface area (Å²) in [7, 11) is 1.94. The maximum Gasteiger partial charge on any atom is 0.125 e. The highest BCUT2D eigenvalue weighted by molar-refractivity contribution is 7.98. The number of hydrogen-bond donors (Lipinski definition) is 1. The number of nitrogen functional groups attached to an aromatic ring is 1. The molecule has 16 heavy (non-hydrogen) atoms. The van der Waals surface area contributed by atoms with Crippen LogP contribution in [0.4, 0.5) is 10.1 Å².